The molecule has 0 unspecified atom stereocenters. The van der Waals surface area contributed by atoms with Crippen molar-refractivity contribution < 1.29 is 90.5 Å². The molecule has 19 nitrogen and oxygen atoms in total. The van der Waals surface area contributed by atoms with Crippen molar-refractivity contribution in [3.63, 3.8) is 0 Å². The molecule has 0 aliphatic carbocycles. The Labute approximate surface area is 342 Å². The molecule has 3 aliphatic heterocycles. The Morgan fingerprint density at radius 1 is 0.750 bits per heavy atom. The van der Waals surface area contributed by atoms with E-state index < -0.39 is 115 Å². The van der Waals surface area contributed by atoms with Crippen molar-refractivity contribution in [1.29, 1.82) is 0 Å². The Hall–Kier alpha value is -6.60. The Bertz CT molecular complexity index is 2090. The van der Waals surface area contributed by atoms with Crippen molar-refractivity contribution >= 4 is 47.8 Å². The summed E-state index contributed by atoms with van der Waals surface area (Å²) in [6.45, 7) is 9.93. The van der Waals surface area contributed by atoms with Crippen LogP contribution in [0.25, 0.3) is 11.1 Å². The first kappa shape index (κ1) is 44.5. The minimum Gasteiger partial charge on any atom is -0.471 e. The first-order valence-corrected chi connectivity index (χ1v) is 18.4. The maximum absolute atomic E-state index is 14.8. The van der Waals surface area contributed by atoms with Gasteiger partial charge in [-0.15, -0.1) is 6.58 Å². The van der Waals surface area contributed by atoms with Crippen LogP contribution in [0.5, 0.6) is 17.2 Å². The van der Waals surface area contributed by atoms with Crippen LogP contribution in [0.1, 0.15) is 58.3 Å². The summed E-state index contributed by atoms with van der Waals surface area (Å²) in [5, 5.41) is 0. The molecule has 0 amide bonds. The Kier molecular flexibility index (Phi) is 14.4. The third-order valence-electron chi connectivity index (χ3n) is 9.04. The van der Waals surface area contributed by atoms with Crippen molar-refractivity contribution in [2.75, 3.05) is 13.2 Å². The largest absolute Gasteiger partial charge is 0.471 e. The number of carbonyl (C=O) groups excluding carboxylic acids is 8. The van der Waals surface area contributed by atoms with Gasteiger partial charge in [-0.05, 0) is 30.2 Å². The lowest BCUT2D eigenvalue weighted by atomic mass is 9.81. The van der Waals surface area contributed by atoms with E-state index in [2.05, 4.69) is 6.58 Å². The molecule has 2 saturated heterocycles. The highest BCUT2D eigenvalue weighted by atomic mass is 16.8. The highest BCUT2D eigenvalue weighted by Gasteiger charge is 2.55. The average molecular weight is 839 g/mol. The summed E-state index contributed by atoms with van der Waals surface area (Å²) < 4.78 is 62.1. The second-order valence-electron chi connectivity index (χ2n) is 13.6. The van der Waals surface area contributed by atoms with Crippen LogP contribution in [0.15, 0.2) is 60.9 Å². The van der Waals surface area contributed by atoms with Gasteiger partial charge in [0.05, 0.1) is 18.4 Å². The molecule has 0 spiro atoms. The third kappa shape index (κ3) is 10.9. The van der Waals surface area contributed by atoms with E-state index in [1.165, 1.54) is 43.3 Å². The van der Waals surface area contributed by atoms with Crippen LogP contribution >= 0.6 is 0 Å². The van der Waals surface area contributed by atoms with E-state index in [0.717, 1.165) is 46.9 Å². The SMILES string of the molecule is C=C[C@H]1[C@H](O[C@@H]2O[C@H](COC(C)=O)[C@@H](OC(C)=O)[C@H](OC(C)=O)[C@H]2OC(=O)c2c(OC(C)=O)cc(OC(C)=O)cc2-c2cccc(OC(C)=O)c2)OC=C2C(=O)OCC[C@H]21. The second kappa shape index (κ2) is 19.4. The van der Waals surface area contributed by atoms with E-state index >= 15 is 0 Å². The van der Waals surface area contributed by atoms with Gasteiger partial charge in [0, 0.05) is 65.0 Å². The minimum absolute atomic E-state index is 0.0473. The molecule has 60 heavy (non-hydrogen) atoms. The highest BCUT2D eigenvalue weighted by Crippen LogP contribution is 2.42. The molecule has 0 N–H and O–H groups in total. The zero-order chi connectivity index (χ0) is 43.8. The summed E-state index contributed by atoms with van der Waals surface area (Å²) in [6, 6.07) is 8.15. The lowest BCUT2D eigenvalue weighted by Gasteiger charge is -2.46. The smallest absolute Gasteiger partial charge is 0.343 e. The molecule has 0 aromatic heterocycles. The number of esters is 8. The number of carbonyl (C=O) groups is 8. The van der Waals surface area contributed by atoms with E-state index in [-0.39, 0.29) is 34.8 Å². The van der Waals surface area contributed by atoms with Crippen molar-refractivity contribution in [3.8, 4) is 28.4 Å². The summed E-state index contributed by atoms with van der Waals surface area (Å²) in [6.07, 6.45) is -6.72. The van der Waals surface area contributed by atoms with Crippen LogP contribution in [-0.2, 0) is 71.5 Å². The fourth-order valence-electron chi connectivity index (χ4n) is 6.83. The van der Waals surface area contributed by atoms with Crippen LogP contribution in [0.3, 0.4) is 0 Å². The average Bonchev–Trinajstić information content (AvgIpc) is 3.15. The predicted molar refractivity (Wildman–Crippen MR) is 198 cm³/mol. The van der Waals surface area contributed by atoms with Gasteiger partial charge in [-0.25, -0.2) is 9.59 Å². The van der Waals surface area contributed by atoms with Crippen LogP contribution in [0.2, 0.25) is 0 Å². The van der Waals surface area contributed by atoms with Gasteiger partial charge < -0.3 is 52.1 Å². The minimum atomic E-state index is -1.87. The number of hydrogen-bond acceptors (Lipinski definition) is 19. The molecule has 2 aromatic carbocycles. The van der Waals surface area contributed by atoms with Gasteiger partial charge in [-0.2, -0.15) is 0 Å². The summed E-state index contributed by atoms with van der Waals surface area (Å²) in [5.41, 5.74) is -0.140. The predicted octanol–water partition coefficient (Wildman–Crippen LogP) is 3.43. The molecule has 8 atom stereocenters. The maximum atomic E-state index is 14.8. The number of rotatable bonds is 13. The molecule has 0 radical (unpaired) electrons. The number of ether oxygens (including phenoxy) is 11. The van der Waals surface area contributed by atoms with E-state index in [1.807, 2.05) is 0 Å². The normalized spacial score (nSPS) is 24.4. The van der Waals surface area contributed by atoms with E-state index in [1.54, 1.807) is 0 Å². The number of cyclic esters (lactones) is 1. The monoisotopic (exact) mass is 838 g/mol. The van der Waals surface area contributed by atoms with Gasteiger partial charge in [0.1, 0.15) is 35.5 Å². The zero-order valence-corrected chi connectivity index (χ0v) is 33.3. The first-order valence-electron chi connectivity index (χ1n) is 18.4. The molecule has 19 heteroatoms. The molecule has 320 valence electrons. The fourth-order valence-corrected chi connectivity index (χ4v) is 6.83. The number of hydrogen-bond donors (Lipinski definition) is 0. The van der Waals surface area contributed by atoms with Gasteiger partial charge in [-0.3, -0.25) is 28.8 Å². The Balaban J connectivity index is 1.68. The van der Waals surface area contributed by atoms with Crippen molar-refractivity contribution in [2.24, 2.45) is 11.8 Å². The van der Waals surface area contributed by atoms with Crippen LogP contribution in [0, 0.1) is 11.8 Å². The van der Waals surface area contributed by atoms with E-state index in [0.29, 0.717) is 6.42 Å². The maximum Gasteiger partial charge on any atom is 0.343 e. The topological polar surface area (TPSA) is 238 Å². The van der Waals surface area contributed by atoms with Crippen LogP contribution in [-0.4, -0.2) is 98.0 Å². The molecule has 2 fully saturated rings. The molecule has 0 saturated carbocycles. The molecule has 3 aliphatic rings. The van der Waals surface area contributed by atoms with Gasteiger partial charge in [0.15, 0.2) is 18.3 Å². The van der Waals surface area contributed by atoms with Gasteiger partial charge >= 0.3 is 47.8 Å². The van der Waals surface area contributed by atoms with Gasteiger partial charge in [0.2, 0.25) is 12.6 Å². The van der Waals surface area contributed by atoms with Gasteiger partial charge in [0.25, 0.3) is 0 Å². The van der Waals surface area contributed by atoms with E-state index in [9.17, 15) is 38.4 Å². The van der Waals surface area contributed by atoms with Crippen LogP contribution < -0.4 is 14.2 Å². The summed E-state index contributed by atoms with van der Waals surface area (Å²) in [7, 11) is 0. The van der Waals surface area contributed by atoms with E-state index in [4.69, 9.17) is 52.1 Å². The summed E-state index contributed by atoms with van der Waals surface area (Å²) >= 11 is 0. The first-order chi connectivity index (χ1) is 28.4. The molecular formula is C41H42O19. The molecule has 3 heterocycles. The summed E-state index contributed by atoms with van der Waals surface area (Å²) in [5.74, 6) is -8.62. The Morgan fingerprint density at radius 3 is 2.05 bits per heavy atom. The standard InChI is InChI=1S/C41H42O19/c1-8-28-29-12-13-50-38(48)31(29)17-52-40(28)60-41-37(36(57-24(7)47)35(56-23(6)46)33(58-41)18-51-19(2)42)59-39(49)34-30(25-10-9-11-26(14-25)53-20(3)43)15-27(54-21(4)44)16-32(34)55-22(5)45/h8-11,14-17,28-29,33,35-37,40-41H,1,12-13,18H2,2-7H3/t28-,29+,33-,35-,36+,37-,40+,41+/m1/s1. The van der Waals surface area contributed by atoms with Crippen molar-refractivity contribution in [2.45, 2.75) is 85.0 Å². The molecule has 5 rings (SSSR count). The highest BCUT2D eigenvalue weighted by molar-refractivity contribution is 6.02. The lowest BCUT2D eigenvalue weighted by molar-refractivity contribution is -0.340. The third-order valence-corrected chi connectivity index (χ3v) is 9.04. The lowest BCUT2D eigenvalue weighted by Crippen LogP contribution is -2.63. The van der Waals surface area contributed by atoms with Crippen molar-refractivity contribution in [3.05, 3.63) is 66.5 Å². The van der Waals surface area contributed by atoms with Crippen LogP contribution in [0.4, 0.5) is 0 Å². The number of benzene rings is 2. The second-order valence-corrected chi connectivity index (χ2v) is 13.6. The molecular weight excluding hydrogens is 796 g/mol. The fraction of sp³-hybridized carbons (Fsp3) is 0.415. The zero-order valence-electron chi connectivity index (χ0n) is 33.3. The quantitative estimate of drug-likeness (QED) is 0.122. The Morgan fingerprint density at radius 2 is 1.42 bits per heavy atom. The van der Waals surface area contributed by atoms with Crippen molar-refractivity contribution in [1.82, 2.24) is 0 Å². The summed E-state index contributed by atoms with van der Waals surface area (Å²) in [4.78, 5) is 101. The molecule has 2 aromatic rings. The molecule has 0 bridgehead atoms. The van der Waals surface area contributed by atoms with Gasteiger partial charge in [-0.1, -0.05) is 18.2 Å². The number of fused-ring (bicyclic) bond motifs is 1.